The molecule has 0 radical (unpaired) electrons. The van der Waals surface area contributed by atoms with E-state index in [0.29, 0.717) is 37.1 Å². The normalized spacial score (nSPS) is 25.8. The van der Waals surface area contributed by atoms with Crippen molar-refractivity contribution < 1.29 is 18.8 Å². The molecular formula is C27H32FN5O3. The number of piperidine rings is 2. The van der Waals surface area contributed by atoms with Crippen LogP contribution in [0.4, 0.5) is 9.18 Å². The second kappa shape index (κ2) is 9.97. The Morgan fingerprint density at radius 1 is 1.08 bits per heavy atom. The molecule has 1 aromatic heterocycles. The first-order valence-electron chi connectivity index (χ1n) is 12.7. The highest BCUT2D eigenvalue weighted by molar-refractivity contribution is 6.07. The molecule has 0 aliphatic carbocycles. The number of imide groups is 1. The Hall–Kier alpha value is -3.33. The van der Waals surface area contributed by atoms with Crippen molar-refractivity contribution in [1.82, 2.24) is 25.0 Å². The number of aromatic nitrogens is 1. The van der Waals surface area contributed by atoms with Crippen molar-refractivity contribution in [3.05, 3.63) is 65.7 Å². The SMILES string of the molecule is CN1CCCC[C@H]1C(=O)N1CCC([C@@]2(c3cccnc3)NC(=O)N(Cc3ccc(F)cc3)C2=O)CC1. The Morgan fingerprint density at radius 3 is 2.50 bits per heavy atom. The molecule has 5 rings (SSSR count). The average molecular weight is 494 g/mol. The number of carbonyl (C=O) groups is 3. The summed E-state index contributed by atoms with van der Waals surface area (Å²) in [6, 6.07) is 8.81. The summed E-state index contributed by atoms with van der Waals surface area (Å²) in [5.41, 5.74) is 0.0583. The Morgan fingerprint density at radius 2 is 1.83 bits per heavy atom. The highest BCUT2D eigenvalue weighted by Crippen LogP contribution is 2.42. The summed E-state index contributed by atoms with van der Waals surface area (Å²) in [7, 11) is 2.01. The zero-order valence-electron chi connectivity index (χ0n) is 20.5. The van der Waals surface area contributed by atoms with Crippen LogP contribution >= 0.6 is 0 Å². The van der Waals surface area contributed by atoms with Crippen molar-refractivity contribution in [2.45, 2.75) is 50.2 Å². The molecule has 1 aromatic carbocycles. The fourth-order valence-electron chi connectivity index (χ4n) is 5.95. The van der Waals surface area contributed by atoms with E-state index < -0.39 is 11.6 Å². The fraction of sp³-hybridized carbons (Fsp3) is 0.481. The molecule has 36 heavy (non-hydrogen) atoms. The predicted octanol–water partition coefficient (Wildman–Crippen LogP) is 2.89. The van der Waals surface area contributed by atoms with E-state index in [1.807, 2.05) is 18.0 Å². The zero-order valence-corrected chi connectivity index (χ0v) is 20.5. The average Bonchev–Trinajstić information content (AvgIpc) is 3.16. The van der Waals surface area contributed by atoms with Crippen LogP contribution in [0.1, 0.15) is 43.2 Å². The third-order valence-corrected chi connectivity index (χ3v) is 7.98. The Bertz CT molecular complexity index is 1120. The molecule has 3 saturated heterocycles. The summed E-state index contributed by atoms with van der Waals surface area (Å²) in [5.74, 6) is -0.738. The van der Waals surface area contributed by atoms with E-state index in [1.54, 1.807) is 30.6 Å². The molecule has 2 atom stereocenters. The van der Waals surface area contributed by atoms with Gasteiger partial charge in [-0.2, -0.15) is 0 Å². The lowest BCUT2D eigenvalue weighted by Gasteiger charge is -2.43. The van der Waals surface area contributed by atoms with Gasteiger partial charge in [-0.15, -0.1) is 0 Å². The minimum Gasteiger partial charge on any atom is -0.341 e. The van der Waals surface area contributed by atoms with Gasteiger partial charge < -0.3 is 10.2 Å². The van der Waals surface area contributed by atoms with Crippen molar-refractivity contribution in [2.75, 3.05) is 26.7 Å². The highest BCUT2D eigenvalue weighted by atomic mass is 19.1. The van der Waals surface area contributed by atoms with Gasteiger partial charge in [-0.05, 0) is 69.0 Å². The van der Waals surface area contributed by atoms with E-state index in [-0.39, 0.29) is 36.1 Å². The van der Waals surface area contributed by atoms with Crippen LogP contribution in [-0.4, -0.2) is 70.3 Å². The van der Waals surface area contributed by atoms with Gasteiger partial charge in [-0.1, -0.05) is 24.6 Å². The number of urea groups is 1. The van der Waals surface area contributed by atoms with Gasteiger partial charge in [-0.3, -0.25) is 24.4 Å². The van der Waals surface area contributed by atoms with E-state index in [9.17, 15) is 18.8 Å². The van der Waals surface area contributed by atoms with Gasteiger partial charge in [-0.25, -0.2) is 9.18 Å². The van der Waals surface area contributed by atoms with Crippen molar-refractivity contribution in [3.63, 3.8) is 0 Å². The number of amides is 4. The molecule has 3 fully saturated rings. The molecule has 0 bridgehead atoms. The maximum atomic E-state index is 14.0. The van der Waals surface area contributed by atoms with Crippen molar-refractivity contribution >= 4 is 17.8 Å². The minimum absolute atomic E-state index is 0.0539. The molecule has 3 aliphatic rings. The van der Waals surface area contributed by atoms with Crippen LogP contribution in [0, 0.1) is 11.7 Å². The number of hydrogen-bond acceptors (Lipinski definition) is 5. The zero-order chi connectivity index (χ0) is 25.3. The number of carbonyl (C=O) groups excluding carboxylic acids is 3. The lowest BCUT2D eigenvalue weighted by atomic mass is 9.73. The van der Waals surface area contributed by atoms with E-state index in [4.69, 9.17) is 0 Å². The Balaban J connectivity index is 1.37. The smallest absolute Gasteiger partial charge is 0.325 e. The molecule has 9 heteroatoms. The van der Waals surface area contributed by atoms with Gasteiger partial charge in [0.25, 0.3) is 5.91 Å². The maximum absolute atomic E-state index is 14.0. The largest absolute Gasteiger partial charge is 0.341 e. The van der Waals surface area contributed by atoms with Crippen molar-refractivity contribution in [2.24, 2.45) is 5.92 Å². The molecule has 0 spiro atoms. The third kappa shape index (κ3) is 4.36. The van der Waals surface area contributed by atoms with Gasteiger partial charge in [0.1, 0.15) is 5.82 Å². The first-order valence-corrected chi connectivity index (χ1v) is 12.7. The predicted molar refractivity (Wildman–Crippen MR) is 131 cm³/mol. The first kappa shape index (κ1) is 24.4. The van der Waals surface area contributed by atoms with Gasteiger partial charge in [0.15, 0.2) is 5.54 Å². The molecular weight excluding hydrogens is 461 g/mol. The van der Waals surface area contributed by atoms with Crippen LogP contribution in [0.2, 0.25) is 0 Å². The monoisotopic (exact) mass is 493 g/mol. The lowest BCUT2D eigenvalue weighted by Crippen LogP contribution is -2.56. The fourth-order valence-corrected chi connectivity index (χ4v) is 5.95. The van der Waals surface area contributed by atoms with E-state index >= 15 is 0 Å². The number of halogens is 1. The summed E-state index contributed by atoms with van der Waals surface area (Å²) in [5, 5.41) is 3.01. The van der Waals surface area contributed by atoms with Gasteiger partial charge in [0.2, 0.25) is 5.91 Å². The van der Waals surface area contributed by atoms with Crippen LogP contribution in [-0.2, 0) is 21.7 Å². The van der Waals surface area contributed by atoms with Crippen LogP contribution in [0.15, 0.2) is 48.8 Å². The molecule has 4 heterocycles. The topological polar surface area (TPSA) is 85.8 Å². The van der Waals surface area contributed by atoms with Crippen LogP contribution in [0.25, 0.3) is 0 Å². The molecule has 4 amide bonds. The molecule has 0 saturated carbocycles. The van der Waals surface area contributed by atoms with Gasteiger partial charge in [0, 0.05) is 31.0 Å². The van der Waals surface area contributed by atoms with E-state index in [1.165, 1.54) is 17.0 Å². The third-order valence-electron chi connectivity index (χ3n) is 7.98. The number of nitrogens with one attached hydrogen (secondary N) is 1. The number of benzene rings is 1. The van der Waals surface area contributed by atoms with Gasteiger partial charge in [0.05, 0.1) is 12.6 Å². The number of rotatable bonds is 5. The van der Waals surface area contributed by atoms with E-state index in [2.05, 4.69) is 15.2 Å². The number of likely N-dealkylation sites (tertiary alicyclic amines) is 2. The second-order valence-electron chi connectivity index (χ2n) is 10.1. The van der Waals surface area contributed by atoms with Crippen LogP contribution in [0.3, 0.4) is 0 Å². The second-order valence-corrected chi connectivity index (χ2v) is 10.1. The van der Waals surface area contributed by atoms with Crippen molar-refractivity contribution in [1.29, 1.82) is 0 Å². The number of nitrogens with zero attached hydrogens (tertiary/aromatic N) is 4. The molecule has 190 valence electrons. The maximum Gasteiger partial charge on any atom is 0.325 e. The molecule has 0 unspecified atom stereocenters. The Labute approximate surface area is 210 Å². The Kier molecular flexibility index (Phi) is 6.75. The molecule has 8 nitrogen and oxygen atoms in total. The molecule has 1 N–H and O–H groups in total. The quantitative estimate of drug-likeness (QED) is 0.648. The summed E-state index contributed by atoms with van der Waals surface area (Å²) in [6.07, 6.45) is 7.51. The summed E-state index contributed by atoms with van der Waals surface area (Å²) in [6.45, 7) is 2.06. The van der Waals surface area contributed by atoms with Crippen LogP contribution < -0.4 is 5.32 Å². The number of likely N-dealkylation sites (N-methyl/N-ethyl adjacent to an activating group) is 1. The molecule has 3 aliphatic heterocycles. The summed E-state index contributed by atoms with van der Waals surface area (Å²) >= 11 is 0. The van der Waals surface area contributed by atoms with E-state index in [0.717, 1.165) is 25.8 Å². The summed E-state index contributed by atoms with van der Waals surface area (Å²) in [4.78, 5) is 49.8. The molecule has 2 aromatic rings. The van der Waals surface area contributed by atoms with Crippen LogP contribution in [0.5, 0.6) is 0 Å². The number of pyridine rings is 1. The first-order chi connectivity index (χ1) is 17.4. The highest BCUT2D eigenvalue weighted by Gasteiger charge is 2.57. The standard InChI is InChI=1S/C27H32FN5O3/c1-31-14-3-2-6-23(31)24(34)32-15-11-20(12-16-32)27(21-5-4-13-29-17-21)25(35)33(26(36)30-27)18-19-7-9-22(28)10-8-19/h4-5,7-10,13,17,20,23H,2-3,6,11-12,14-16,18H2,1H3,(H,30,36)/t23-,27-/m0/s1. The lowest BCUT2D eigenvalue weighted by molar-refractivity contribution is -0.140. The van der Waals surface area contributed by atoms with Gasteiger partial charge >= 0.3 is 6.03 Å². The minimum atomic E-state index is -1.25. The number of hydrogen-bond donors (Lipinski definition) is 1. The van der Waals surface area contributed by atoms with Crippen molar-refractivity contribution in [3.8, 4) is 0 Å². The summed E-state index contributed by atoms with van der Waals surface area (Å²) < 4.78 is 13.4.